The van der Waals surface area contributed by atoms with Crippen LogP contribution >= 0.6 is 11.3 Å². The molecule has 0 radical (unpaired) electrons. The Bertz CT molecular complexity index is 1260. The van der Waals surface area contributed by atoms with Gasteiger partial charge in [0.25, 0.3) is 5.91 Å². The number of aromatic nitrogens is 4. The van der Waals surface area contributed by atoms with Gasteiger partial charge in [-0.1, -0.05) is 18.2 Å². The molecule has 0 aliphatic carbocycles. The van der Waals surface area contributed by atoms with Crippen LogP contribution in [0.25, 0.3) is 22.6 Å². The number of anilines is 1. The lowest BCUT2D eigenvalue weighted by atomic mass is 10.1. The van der Waals surface area contributed by atoms with Gasteiger partial charge >= 0.3 is 0 Å². The van der Waals surface area contributed by atoms with Gasteiger partial charge in [-0.15, -0.1) is 11.3 Å². The Morgan fingerprint density at radius 3 is 2.55 bits per heavy atom. The molecule has 3 aromatic heterocycles. The number of hydrogen-bond donors (Lipinski definition) is 1. The van der Waals surface area contributed by atoms with Crippen molar-refractivity contribution in [3.8, 4) is 22.6 Å². The third kappa shape index (κ3) is 4.25. The zero-order valence-electron chi connectivity index (χ0n) is 17.7. The molecule has 0 aliphatic rings. The highest BCUT2D eigenvalue weighted by molar-refractivity contribution is 7.16. The van der Waals surface area contributed by atoms with Crippen molar-refractivity contribution in [3.63, 3.8) is 0 Å². The molecule has 3 heterocycles. The summed E-state index contributed by atoms with van der Waals surface area (Å²) in [5.74, 6) is -0.814. The normalized spacial score (nSPS) is 11.2. The number of benzene rings is 1. The van der Waals surface area contributed by atoms with Crippen LogP contribution in [-0.4, -0.2) is 25.7 Å². The van der Waals surface area contributed by atoms with E-state index in [1.54, 1.807) is 29.1 Å². The maximum Gasteiger partial charge on any atom is 0.261 e. The lowest BCUT2D eigenvalue weighted by Crippen LogP contribution is -2.12. The highest BCUT2D eigenvalue weighted by atomic mass is 32.1. The number of aryl methyl sites for hydroxylation is 2. The predicted octanol–water partition coefficient (Wildman–Crippen LogP) is 5.66. The molecule has 4 rings (SSSR count). The molecule has 0 saturated heterocycles. The number of pyridine rings is 1. The molecule has 1 aromatic carbocycles. The Morgan fingerprint density at radius 2 is 1.84 bits per heavy atom. The van der Waals surface area contributed by atoms with Gasteiger partial charge in [0.05, 0.1) is 11.3 Å². The molecule has 0 bridgehead atoms. The van der Waals surface area contributed by atoms with E-state index in [0.29, 0.717) is 16.4 Å². The average Bonchev–Trinajstić information content (AvgIpc) is 3.32. The van der Waals surface area contributed by atoms with E-state index in [9.17, 15) is 9.18 Å². The van der Waals surface area contributed by atoms with Crippen molar-refractivity contribution in [1.29, 1.82) is 0 Å². The average molecular weight is 436 g/mol. The minimum absolute atomic E-state index is 0.0215. The summed E-state index contributed by atoms with van der Waals surface area (Å²) < 4.78 is 16.1. The summed E-state index contributed by atoms with van der Waals surface area (Å²) in [5, 5.41) is 7.78. The van der Waals surface area contributed by atoms with Gasteiger partial charge in [0.2, 0.25) is 0 Å². The molecule has 4 aromatic rings. The van der Waals surface area contributed by atoms with E-state index in [-0.39, 0.29) is 17.5 Å². The summed E-state index contributed by atoms with van der Waals surface area (Å²) in [4.78, 5) is 23.2. The second kappa shape index (κ2) is 8.39. The topological polar surface area (TPSA) is 72.7 Å². The van der Waals surface area contributed by atoms with Crippen molar-refractivity contribution in [2.75, 3.05) is 5.32 Å². The van der Waals surface area contributed by atoms with Crippen molar-refractivity contribution in [3.05, 3.63) is 70.6 Å². The van der Waals surface area contributed by atoms with Gasteiger partial charge in [-0.25, -0.2) is 9.37 Å². The van der Waals surface area contributed by atoms with Crippen molar-refractivity contribution < 1.29 is 9.18 Å². The molecular formula is C23H22FN5OS. The largest absolute Gasteiger partial charge is 0.298 e. The zero-order chi connectivity index (χ0) is 22.1. The van der Waals surface area contributed by atoms with Gasteiger partial charge in [-0.2, -0.15) is 5.10 Å². The van der Waals surface area contributed by atoms with Crippen LogP contribution < -0.4 is 5.32 Å². The summed E-state index contributed by atoms with van der Waals surface area (Å²) >= 11 is 1.37. The first-order valence-corrected chi connectivity index (χ1v) is 10.7. The van der Waals surface area contributed by atoms with Crippen LogP contribution in [0.5, 0.6) is 0 Å². The SMILES string of the molecule is Cc1cccc(-c2nc(NC(=O)c3cn(C(C)C)nc3-c3ccccc3F)sc2C)n1. The number of nitrogens with zero attached hydrogens (tertiary/aromatic N) is 4. The van der Waals surface area contributed by atoms with Crippen molar-refractivity contribution in [1.82, 2.24) is 19.7 Å². The third-order valence-corrected chi connectivity index (χ3v) is 5.67. The molecule has 1 N–H and O–H groups in total. The number of hydrogen-bond acceptors (Lipinski definition) is 5. The van der Waals surface area contributed by atoms with Gasteiger partial charge < -0.3 is 0 Å². The van der Waals surface area contributed by atoms with Gasteiger partial charge in [-0.3, -0.25) is 19.8 Å². The fraction of sp³-hybridized carbons (Fsp3) is 0.217. The number of nitrogens with one attached hydrogen (secondary N) is 1. The molecule has 6 nitrogen and oxygen atoms in total. The first kappa shape index (κ1) is 20.9. The second-order valence-electron chi connectivity index (χ2n) is 7.49. The van der Waals surface area contributed by atoms with E-state index in [2.05, 4.69) is 20.4 Å². The van der Waals surface area contributed by atoms with E-state index < -0.39 is 5.82 Å². The van der Waals surface area contributed by atoms with E-state index in [0.717, 1.165) is 22.0 Å². The minimum atomic E-state index is -0.427. The summed E-state index contributed by atoms with van der Waals surface area (Å²) in [6.07, 6.45) is 1.64. The molecule has 158 valence electrons. The van der Waals surface area contributed by atoms with Crippen LogP contribution in [0.4, 0.5) is 9.52 Å². The number of carbonyl (C=O) groups excluding carboxylic acids is 1. The smallest absolute Gasteiger partial charge is 0.261 e. The molecule has 31 heavy (non-hydrogen) atoms. The summed E-state index contributed by atoms with van der Waals surface area (Å²) in [6.45, 7) is 7.76. The number of carbonyl (C=O) groups is 1. The minimum Gasteiger partial charge on any atom is -0.298 e. The van der Waals surface area contributed by atoms with Gasteiger partial charge in [0.15, 0.2) is 5.13 Å². The van der Waals surface area contributed by atoms with E-state index >= 15 is 0 Å². The highest BCUT2D eigenvalue weighted by Crippen LogP contribution is 2.31. The highest BCUT2D eigenvalue weighted by Gasteiger charge is 2.22. The van der Waals surface area contributed by atoms with Crippen molar-refractivity contribution >= 4 is 22.4 Å². The zero-order valence-corrected chi connectivity index (χ0v) is 18.5. The molecule has 0 aliphatic heterocycles. The Labute approximate surface area is 183 Å². The predicted molar refractivity (Wildman–Crippen MR) is 121 cm³/mol. The lowest BCUT2D eigenvalue weighted by Gasteiger charge is -2.04. The number of halogens is 1. The molecule has 0 fully saturated rings. The van der Waals surface area contributed by atoms with Crippen LogP contribution in [0.15, 0.2) is 48.7 Å². The van der Waals surface area contributed by atoms with Gasteiger partial charge in [0.1, 0.15) is 17.2 Å². The summed E-state index contributed by atoms with van der Waals surface area (Å²) in [7, 11) is 0. The number of thiazole rings is 1. The Balaban J connectivity index is 1.68. The van der Waals surface area contributed by atoms with Crippen LogP contribution in [0.3, 0.4) is 0 Å². The van der Waals surface area contributed by atoms with Crippen molar-refractivity contribution in [2.45, 2.75) is 33.7 Å². The van der Waals surface area contributed by atoms with Crippen molar-refractivity contribution in [2.24, 2.45) is 0 Å². The first-order chi connectivity index (χ1) is 14.8. The number of rotatable bonds is 5. The van der Waals surface area contributed by atoms with Crippen LogP contribution in [0.1, 0.15) is 40.8 Å². The monoisotopic (exact) mass is 435 g/mol. The fourth-order valence-electron chi connectivity index (χ4n) is 3.20. The van der Waals surface area contributed by atoms with Crippen LogP contribution in [0.2, 0.25) is 0 Å². The molecule has 0 unspecified atom stereocenters. The van der Waals surface area contributed by atoms with E-state index in [4.69, 9.17) is 0 Å². The standard InChI is InChI=1S/C23H22FN5OS/c1-13(2)29-12-17(21(28-29)16-9-5-6-10-18(16)24)22(30)27-23-26-20(15(4)31-23)19-11-7-8-14(3)25-19/h5-13H,1-4H3,(H,26,27,30). The summed E-state index contributed by atoms with van der Waals surface area (Å²) in [6, 6.07) is 12.1. The van der Waals surface area contributed by atoms with Crippen LogP contribution in [-0.2, 0) is 0 Å². The maximum absolute atomic E-state index is 14.4. The molecular weight excluding hydrogens is 413 g/mol. The molecule has 1 amide bonds. The Hall–Kier alpha value is -3.39. The fourth-order valence-corrected chi connectivity index (χ4v) is 4.02. The summed E-state index contributed by atoms with van der Waals surface area (Å²) in [5.41, 5.74) is 3.27. The van der Waals surface area contributed by atoms with E-state index in [1.807, 2.05) is 45.9 Å². The molecule has 0 saturated carbocycles. The lowest BCUT2D eigenvalue weighted by molar-refractivity contribution is 0.102. The third-order valence-electron chi connectivity index (χ3n) is 4.78. The Kier molecular flexibility index (Phi) is 5.65. The van der Waals surface area contributed by atoms with Gasteiger partial charge in [-0.05, 0) is 52.0 Å². The molecule has 0 spiro atoms. The molecule has 8 heteroatoms. The van der Waals surface area contributed by atoms with Crippen LogP contribution in [0, 0.1) is 19.7 Å². The first-order valence-electron chi connectivity index (χ1n) is 9.90. The number of amides is 1. The Morgan fingerprint density at radius 1 is 1.06 bits per heavy atom. The quantitative estimate of drug-likeness (QED) is 0.439. The maximum atomic E-state index is 14.4. The van der Waals surface area contributed by atoms with Gasteiger partial charge in [0, 0.05) is 28.4 Å². The van der Waals surface area contributed by atoms with E-state index in [1.165, 1.54) is 17.4 Å². The second-order valence-corrected chi connectivity index (χ2v) is 8.69. The molecule has 0 atom stereocenters.